The van der Waals surface area contributed by atoms with E-state index in [0.29, 0.717) is 5.92 Å². The van der Waals surface area contributed by atoms with Crippen molar-refractivity contribution in [1.82, 2.24) is 4.98 Å². The molecule has 0 bridgehead atoms. The van der Waals surface area contributed by atoms with E-state index in [1.807, 2.05) is 18.2 Å². The van der Waals surface area contributed by atoms with Crippen molar-refractivity contribution in [1.29, 1.82) is 0 Å². The molecule has 1 N–H and O–H groups in total. The van der Waals surface area contributed by atoms with Crippen molar-refractivity contribution < 1.29 is 5.11 Å². The van der Waals surface area contributed by atoms with Crippen LogP contribution in [0.25, 0.3) is 10.2 Å². The van der Waals surface area contributed by atoms with Gasteiger partial charge < -0.3 is 5.11 Å². The molecular weight excluding hydrogens is 206 g/mol. The van der Waals surface area contributed by atoms with Crippen LogP contribution in [-0.4, -0.2) is 10.1 Å². The third-order valence-corrected chi connectivity index (χ3v) is 3.74. The number of hydrogen-bond acceptors (Lipinski definition) is 3. The Balaban J connectivity index is 2.52. The zero-order valence-electron chi connectivity index (χ0n) is 9.19. The van der Waals surface area contributed by atoms with Crippen LogP contribution in [0.5, 0.6) is 0 Å². The Morgan fingerprint density at radius 2 is 2.00 bits per heavy atom. The van der Waals surface area contributed by atoms with Crippen LogP contribution in [0.4, 0.5) is 0 Å². The SMILES string of the molecule is CC(C)c1nc2cc(C(C)O)ccc2s1. The van der Waals surface area contributed by atoms with Gasteiger partial charge in [0.25, 0.3) is 0 Å². The normalized spacial score (nSPS) is 13.7. The molecule has 2 aromatic rings. The summed E-state index contributed by atoms with van der Waals surface area (Å²) in [6, 6.07) is 5.98. The number of benzene rings is 1. The summed E-state index contributed by atoms with van der Waals surface area (Å²) in [5.74, 6) is 0.470. The second-order valence-corrected chi connectivity index (χ2v) is 5.17. The van der Waals surface area contributed by atoms with E-state index >= 15 is 0 Å². The monoisotopic (exact) mass is 221 g/mol. The van der Waals surface area contributed by atoms with E-state index in [4.69, 9.17) is 0 Å². The average molecular weight is 221 g/mol. The molecule has 1 atom stereocenters. The number of thiazole rings is 1. The summed E-state index contributed by atoms with van der Waals surface area (Å²) in [5.41, 5.74) is 1.94. The molecule has 80 valence electrons. The molecule has 0 fully saturated rings. The summed E-state index contributed by atoms with van der Waals surface area (Å²) in [6.45, 7) is 6.07. The fourth-order valence-corrected chi connectivity index (χ4v) is 2.42. The third kappa shape index (κ3) is 2.03. The largest absolute Gasteiger partial charge is 0.389 e. The second-order valence-electron chi connectivity index (χ2n) is 4.11. The molecule has 0 aliphatic heterocycles. The first-order valence-corrected chi connectivity index (χ1v) is 5.98. The lowest BCUT2D eigenvalue weighted by Crippen LogP contribution is -1.89. The number of rotatable bonds is 2. The first kappa shape index (κ1) is 10.6. The summed E-state index contributed by atoms with van der Waals surface area (Å²) in [6.07, 6.45) is -0.418. The van der Waals surface area contributed by atoms with E-state index in [9.17, 15) is 5.11 Å². The Morgan fingerprint density at radius 3 is 2.60 bits per heavy atom. The van der Waals surface area contributed by atoms with Crippen LogP contribution in [-0.2, 0) is 0 Å². The Morgan fingerprint density at radius 1 is 1.27 bits per heavy atom. The van der Waals surface area contributed by atoms with Crippen molar-refractivity contribution in [3.63, 3.8) is 0 Å². The van der Waals surface area contributed by atoms with Crippen LogP contribution in [0.1, 0.15) is 43.4 Å². The smallest absolute Gasteiger partial charge is 0.0963 e. The van der Waals surface area contributed by atoms with E-state index in [0.717, 1.165) is 16.1 Å². The maximum absolute atomic E-state index is 9.47. The zero-order chi connectivity index (χ0) is 11.0. The van der Waals surface area contributed by atoms with Gasteiger partial charge >= 0.3 is 0 Å². The van der Waals surface area contributed by atoms with Crippen LogP contribution in [0.15, 0.2) is 18.2 Å². The summed E-state index contributed by atoms with van der Waals surface area (Å²) in [7, 11) is 0. The first-order valence-electron chi connectivity index (χ1n) is 5.16. The van der Waals surface area contributed by atoms with Gasteiger partial charge in [-0.1, -0.05) is 19.9 Å². The highest BCUT2D eigenvalue weighted by Gasteiger charge is 2.09. The van der Waals surface area contributed by atoms with Crippen molar-refractivity contribution in [2.45, 2.75) is 32.8 Å². The average Bonchev–Trinajstić information content (AvgIpc) is 2.59. The molecule has 0 saturated carbocycles. The molecule has 0 amide bonds. The maximum atomic E-state index is 9.47. The predicted octanol–water partition coefficient (Wildman–Crippen LogP) is 3.47. The van der Waals surface area contributed by atoms with E-state index in [1.165, 1.54) is 4.70 Å². The molecule has 0 radical (unpaired) electrons. The molecule has 3 heteroatoms. The van der Waals surface area contributed by atoms with E-state index < -0.39 is 6.10 Å². The number of nitrogens with zero attached hydrogens (tertiary/aromatic N) is 1. The third-order valence-electron chi connectivity index (χ3n) is 2.40. The second kappa shape index (κ2) is 3.91. The summed E-state index contributed by atoms with van der Waals surface area (Å²) in [5, 5.41) is 10.6. The summed E-state index contributed by atoms with van der Waals surface area (Å²) >= 11 is 1.73. The number of aromatic nitrogens is 1. The molecule has 0 saturated heterocycles. The molecule has 0 aliphatic carbocycles. The fourth-order valence-electron chi connectivity index (χ4n) is 1.47. The highest BCUT2D eigenvalue weighted by Crippen LogP contribution is 2.28. The van der Waals surface area contributed by atoms with Gasteiger partial charge in [-0.2, -0.15) is 0 Å². The lowest BCUT2D eigenvalue weighted by molar-refractivity contribution is 0.199. The van der Waals surface area contributed by atoms with Gasteiger partial charge in [0.2, 0.25) is 0 Å². The molecule has 1 heterocycles. The van der Waals surface area contributed by atoms with Gasteiger partial charge in [0, 0.05) is 5.92 Å². The highest BCUT2D eigenvalue weighted by atomic mass is 32.1. The summed E-state index contributed by atoms with van der Waals surface area (Å²) < 4.78 is 1.20. The van der Waals surface area contributed by atoms with E-state index in [-0.39, 0.29) is 0 Å². The van der Waals surface area contributed by atoms with Gasteiger partial charge in [-0.15, -0.1) is 11.3 Å². The van der Waals surface area contributed by atoms with Gasteiger partial charge in [0.15, 0.2) is 0 Å². The maximum Gasteiger partial charge on any atom is 0.0963 e. The Labute approximate surface area is 93.6 Å². The van der Waals surface area contributed by atoms with Crippen molar-refractivity contribution in [2.24, 2.45) is 0 Å². The molecule has 15 heavy (non-hydrogen) atoms. The minimum Gasteiger partial charge on any atom is -0.389 e. The standard InChI is InChI=1S/C12H15NOS/c1-7(2)12-13-10-6-9(8(3)14)4-5-11(10)15-12/h4-8,14H,1-3H3. The van der Waals surface area contributed by atoms with Gasteiger partial charge in [-0.25, -0.2) is 4.98 Å². The van der Waals surface area contributed by atoms with Gasteiger partial charge in [0.1, 0.15) is 0 Å². The number of fused-ring (bicyclic) bond motifs is 1. The molecule has 1 unspecified atom stereocenters. The quantitative estimate of drug-likeness (QED) is 0.842. The molecule has 1 aromatic heterocycles. The first-order chi connectivity index (χ1) is 7.08. The summed E-state index contributed by atoms with van der Waals surface area (Å²) in [4.78, 5) is 4.56. The Hall–Kier alpha value is -0.930. The minimum absolute atomic E-state index is 0.418. The van der Waals surface area contributed by atoms with Crippen LogP contribution in [0.3, 0.4) is 0 Å². The molecule has 0 aliphatic rings. The van der Waals surface area contributed by atoms with Crippen molar-refractivity contribution in [3.05, 3.63) is 28.8 Å². The van der Waals surface area contributed by atoms with Crippen molar-refractivity contribution in [2.75, 3.05) is 0 Å². The lowest BCUT2D eigenvalue weighted by atomic mass is 10.1. The number of hydrogen-bond donors (Lipinski definition) is 1. The Bertz CT molecular complexity index is 467. The number of aliphatic hydroxyl groups is 1. The Kier molecular flexibility index (Phi) is 2.76. The minimum atomic E-state index is -0.418. The van der Waals surface area contributed by atoms with E-state index in [2.05, 4.69) is 18.8 Å². The zero-order valence-corrected chi connectivity index (χ0v) is 10.0. The van der Waals surface area contributed by atoms with Crippen molar-refractivity contribution in [3.8, 4) is 0 Å². The van der Waals surface area contributed by atoms with Crippen LogP contribution >= 0.6 is 11.3 Å². The predicted molar refractivity (Wildman–Crippen MR) is 64.3 cm³/mol. The molecular formula is C12H15NOS. The topological polar surface area (TPSA) is 33.1 Å². The lowest BCUT2D eigenvalue weighted by Gasteiger charge is -2.02. The van der Waals surface area contributed by atoms with E-state index in [1.54, 1.807) is 18.3 Å². The van der Waals surface area contributed by atoms with Crippen LogP contribution in [0.2, 0.25) is 0 Å². The highest BCUT2D eigenvalue weighted by molar-refractivity contribution is 7.18. The molecule has 2 nitrogen and oxygen atoms in total. The van der Waals surface area contributed by atoms with Gasteiger partial charge in [-0.05, 0) is 24.6 Å². The number of aliphatic hydroxyl groups excluding tert-OH is 1. The van der Waals surface area contributed by atoms with Gasteiger partial charge in [0.05, 0.1) is 21.3 Å². The molecule has 1 aromatic carbocycles. The van der Waals surface area contributed by atoms with Crippen LogP contribution < -0.4 is 0 Å². The van der Waals surface area contributed by atoms with Gasteiger partial charge in [-0.3, -0.25) is 0 Å². The van der Waals surface area contributed by atoms with Crippen LogP contribution in [0, 0.1) is 0 Å². The molecule has 0 spiro atoms. The van der Waals surface area contributed by atoms with Crippen molar-refractivity contribution >= 4 is 21.6 Å². The fraction of sp³-hybridized carbons (Fsp3) is 0.417. The molecule has 2 rings (SSSR count).